The molecule has 0 rings (SSSR count). The summed E-state index contributed by atoms with van der Waals surface area (Å²) in [6.45, 7) is 6.49. The first-order chi connectivity index (χ1) is 4.41. The average Bonchev–Trinajstić information content (AvgIpc) is 1.94. The summed E-state index contributed by atoms with van der Waals surface area (Å²) in [6, 6.07) is 0. The molecule has 0 saturated carbocycles. The Labute approximate surface area is 58.5 Å². The van der Waals surface area contributed by atoms with Gasteiger partial charge in [-0.3, -0.25) is 0 Å². The Bertz CT molecular complexity index is 31.5. The first kappa shape index (κ1) is 11.5. The van der Waals surface area contributed by atoms with Crippen molar-refractivity contribution in [2.24, 2.45) is 0 Å². The molecule has 0 spiro atoms. The third kappa shape index (κ3) is 18.3. The SMILES string of the molecule is C=O.CCCCCCC. The summed E-state index contributed by atoms with van der Waals surface area (Å²) in [7, 11) is 0. The van der Waals surface area contributed by atoms with E-state index < -0.39 is 0 Å². The second-order valence-electron chi connectivity index (χ2n) is 2.06. The fraction of sp³-hybridized carbons (Fsp3) is 0.875. The molecular formula is C8H18O. The van der Waals surface area contributed by atoms with Crippen LogP contribution in [0.25, 0.3) is 0 Å². The summed E-state index contributed by atoms with van der Waals surface area (Å²) < 4.78 is 0. The fourth-order valence-corrected chi connectivity index (χ4v) is 0.677. The second-order valence-corrected chi connectivity index (χ2v) is 2.06. The molecule has 1 heteroatoms. The van der Waals surface area contributed by atoms with Crippen LogP contribution in [0.5, 0.6) is 0 Å². The van der Waals surface area contributed by atoms with E-state index >= 15 is 0 Å². The first-order valence-electron chi connectivity index (χ1n) is 3.70. The van der Waals surface area contributed by atoms with Crippen LogP contribution in [0.4, 0.5) is 0 Å². The quantitative estimate of drug-likeness (QED) is 0.535. The zero-order valence-corrected chi connectivity index (χ0v) is 6.65. The summed E-state index contributed by atoms with van der Waals surface area (Å²) in [5.74, 6) is 0. The van der Waals surface area contributed by atoms with Gasteiger partial charge < -0.3 is 4.79 Å². The summed E-state index contributed by atoms with van der Waals surface area (Å²) in [5, 5.41) is 0. The van der Waals surface area contributed by atoms with Gasteiger partial charge in [0.1, 0.15) is 6.79 Å². The summed E-state index contributed by atoms with van der Waals surface area (Å²) >= 11 is 0. The van der Waals surface area contributed by atoms with Gasteiger partial charge in [0.2, 0.25) is 0 Å². The van der Waals surface area contributed by atoms with E-state index in [1.807, 2.05) is 6.79 Å². The molecule has 56 valence electrons. The Morgan fingerprint density at radius 1 is 0.889 bits per heavy atom. The van der Waals surface area contributed by atoms with Gasteiger partial charge in [0.15, 0.2) is 0 Å². The van der Waals surface area contributed by atoms with Gasteiger partial charge in [0.05, 0.1) is 0 Å². The van der Waals surface area contributed by atoms with Gasteiger partial charge >= 0.3 is 0 Å². The van der Waals surface area contributed by atoms with Gasteiger partial charge in [-0.2, -0.15) is 0 Å². The predicted octanol–water partition coefficient (Wildman–Crippen LogP) is 2.79. The molecule has 0 unspecified atom stereocenters. The molecule has 0 fully saturated rings. The molecule has 0 aliphatic heterocycles. The normalized spacial score (nSPS) is 7.78. The maximum Gasteiger partial charge on any atom is 0.106 e. The molecule has 0 aliphatic rings. The lowest BCUT2D eigenvalue weighted by Gasteiger charge is -1.90. The standard InChI is InChI=1S/C7H16.CH2O/c1-3-5-7-6-4-2;1-2/h3-7H2,1-2H3;1H2. The average molecular weight is 130 g/mol. The molecule has 0 heterocycles. The van der Waals surface area contributed by atoms with E-state index in [-0.39, 0.29) is 0 Å². The molecule has 0 saturated heterocycles. The molecule has 0 N–H and O–H groups in total. The Kier molecular flexibility index (Phi) is 19.9. The minimum Gasteiger partial charge on any atom is -0.307 e. The summed E-state index contributed by atoms with van der Waals surface area (Å²) in [4.78, 5) is 8.00. The largest absolute Gasteiger partial charge is 0.307 e. The van der Waals surface area contributed by atoms with Crippen molar-refractivity contribution >= 4 is 6.79 Å². The molecule has 0 amide bonds. The fourth-order valence-electron chi connectivity index (χ4n) is 0.677. The van der Waals surface area contributed by atoms with Gasteiger partial charge in [-0.05, 0) is 0 Å². The van der Waals surface area contributed by atoms with Gasteiger partial charge in [-0.15, -0.1) is 0 Å². The Morgan fingerprint density at radius 2 is 1.22 bits per heavy atom. The van der Waals surface area contributed by atoms with Crippen molar-refractivity contribution in [1.29, 1.82) is 0 Å². The maximum atomic E-state index is 8.00. The van der Waals surface area contributed by atoms with E-state index in [4.69, 9.17) is 4.79 Å². The van der Waals surface area contributed by atoms with Crippen molar-refractivity contribution in [1.82, 2.24) is 0 Å². The van der Waals surface area contributed by atoms with Crippen LogP contribution in [-0.4, -0.2) is 6.79 Å². The van der Waals surface area contributed by atoms with Gasteiger partial charge in [0.25, 0.3) is 0 Å². The molecule has 0 aromatic heterocycles. The Morgan fingerprint density at radius 3 is 1.44 bits per heavy atom. The molecule has 0 atom stereocenters. The first-order valence-corrected chi connectivity index (χ1v) is 3.70. The van der Waals surface area contributed by atoms with Crippen LogP contribution in [0.2, 0.25) is 0 Å². The van der Waals surface area contributed by atoms with Crippen LogP contribution < -0.4 is 0 Å². The maximum absolute atomic E-state index is 8.00. The van der Waals surface area contributed by atoms with Crippen molar-refractivity contribution in [2.75, 3.05) is 0 Å². The van der Waals surface area contributed by atoms with Gasteiger partial charge in [-0.25, -0.2) is 0 Å². The minimum absolute atomic E-state index is 1.36. The topological polar surface area (TPSA) is 17.1 Å². The van der Waals surface area contributed by atoms with E-state index in [0.717, 1.165) is 0 Å². The highest BCUT2D eigenvalue weighted by atomic mass is 16.1. The van der Waals surface area contributed by atoms with Crippen LogP contribution in [-0.2, 0) is 4.79 Å². The summed E-state index contributed by atoms with van der Waals surface area (Å²) in [6.07, 6.45) is 7.01. The van der Waals surface area contributed by atoms with Crippen molar-refractivity contribution in [2.45, 2.75) is 46.0 Å². The molecule has 0 aromatic carbocycles. The number of rotatable bonds is 4. The third-order valence-electron chi connectivity index (χ3n) is 1.21. The predicted molar refractivity (Wildman–Crippen MR) is 41.6 cm³/mol. The number of carbonyl (C=O) groups is 1. The van der Waals surface area contributed by atoms with Crippen molar-refractivity contribution in [3.8, 4) is 0 Å². The second kappa shape index (κ2) is 15.6. The van der Waals surface area contributed by atoms with E-state index in [0.29, 0.717) is 0 Å². The zero-order chi connectivity index (χ0) is 7.54. The Balaban J connectivity index is 0. The smallest absolute Gasteiger partial charge is 0.106 e. The molecule has 9 heavy (non-hydrogen) atoms. The van der Waals surface area contributed by atoms with Gasteiger partial charge in [0, 0.05) is 0 Å². The van der Waals surface area contributed by atoms with Crippen molar-refractivity contribution in [3.05, 3.63) is 0 Å². The Hall–Kier alpha value is -0.330. The van der Waals surface area contributed by atoms with Crippen molar-refractivity contribution in [3.63, 3.8) is 0 Å². The van der Waals surface area contributed by atoms with Crippen LogP contribution in [0.1, 0.15) is 46.0 Å². The van der Waals surface area contributed by atoms with Crippen LogP contribution in [0.3, 0.4) is 0 Å². The molecule has 1 nitrogen and oxygen atoms in total. The monoisotopic (exact) mass is 130 g/mol. The molecule has 0 aromatic rings. The zero-order valence-electron chi connectivity index (χ0n) is 6.65. The van der Waals surface area contributed by atoms with Crippen LogP contribution in [0.15, 0.2) is 0 Å². The lowest BCUT2D eigenvalue weighted by atomic mass is 10.2. The van der Waals surface area contributed by atoms with Crippen molar-refractivity contribution < 1.29 is 4.79 Å². The molecular weight excluding hydrogens is 112 g/mol. The van der Waals surface area contributed by atoms with E-state index in [1.165, 1.54) is 32.1 Å². The number of hydrogen-bond donors (Lipinski definition) is 0. The van der Waals surface area contributed by atoms with Crippen LogP contribution in [0, 0.1) is 0 Å². The third-order valence-corrected chi connectivity index (χ3v) is 1.21. The van der Waals surface area contributed by atoms with E-state index in [2.05, 4.69) is 13.8 Å². The molecule has 0 radical (unpaired) electrons. The number of unbranched alkanes of at least 4 members (excludes halogenated alkanes) is 4. The molecule has 0 aliphatic carbocycles. The van der Waals surface area contributed by atoms with E-state index in [1.54, 1.807) is 0 Å². The highest BCUT2D eigenvalue weighted by Crippen LogP contribution is 2.00. The lowest BCUT2D eigenvalue weighted by molar-refractivity contribution is -0.0979. The minimum atomic E-state index is 1.36. The molecule has 0 bridgehead atoms. The van der Waals surface area contributed by atoms with Crippen LogP contribution >= 0.6 is 0 Å². The van der Waals surface area contributed by atoms with Gasteiger partial charge in [-0.1, -0.05) is 46.0 Å². The highest BCUT2D eigenvalue weighted by Gasteiger charge is 1.80. The number of carbonyl (C=O) groups excluding carboxylic acids is 1. The summed E-state index contributed by atoms with van der Waals surface area (Å²) in [5.41, 5.74) is 0. The van der Waals surface area contributed by atoms with E-state index in [9.17, 15) is 0 Å². The lowest BCUT2D eigenvalue weighted by Crippen LogP contribution is -1.70. The number of hydrogen-bond acceptors (Lipinski definition) is 1. The highest BCUT2D eigenvalue weighted by molar-refractivity contribution is 5.10.